The lowest BCUT2D eigenvalue weighted by Crippen LogP contribution is -2.20. The van der Waals surface area contributed by atoms with Crippen molar-refractivity contribution in [3.63, 3.8) is 0 Å². The second-order valence-corrected chi connectivity index (χ2v) is 4.37. The van der Waals surface area contributed by atoms with Crippen LogP contribution in [0, 0.1) is 6.92 Å². The van der Waals surface area contributed by atoms with Crippen molar-refractivity contribution in [3.8, 4) is 5.88 Å². The third kappa shape index (κ3) is 4.64. The highest BCUT2D eigenvalue weighted by molar-refractivity contribution is 5.93. The minimum Gasteiger partial charge on any atom is -0.465 e. The summed E-state index contributed by atoms with van der Waals surface area (Å²) in [5, 5.41) is 8.92. The molecule has 2 rings (SSSR count). The van der Waals surface area contributed by atoms with Gasteiger partial charge in [-0.25, -0.2) is 0 Å². The van der Waals surface area contributed by atoms with Gasteiger partial charge in [0.25, 0.3) is 11.8 Å². The number of benzene rings is 1. The predicted octanol–water partition coefficient (Wildman–Crippen LogP) is 1.96. The van der Waals surface area contributed by atoms with Gasteiger partial charge in [0, 0.05) is 24.4 Å². The van der Waals surface area contributed by atoms with Crippen LogP contribution < -0.4 is 15.4 Å². The van der Waals surface area contributed by atoms with Gasteiger partial charge in [-0.1, -0.05) is 0 Å². The number of carbonyl (C=O) groups is 2. The van der Waals surface area contributed by atoms with Gasteiger partial charge < -0.3 is 19.9 Å². The van der Waals surface area contributed by atoms with E-state index in [4.69, 9.17) is 9.26 Å². The van der Waals surface area contributed by atoms with E-state index < -0.39 is 0 Å². The van der Waals surface area contributed by atoms with Gasteiger partial charge in [-0.2, -0.15) is 0 Å². The largest absolute Gasteiger partial charge is 0.465 e. The first kappa shape index (κ1) is 14.6. The zero-order valence-corrected chi connectivity index (χ0v) is 11.7. The summed E-state index contributed by atoms with van der Waals surface area (Å²) in [5.74, 6) is 0.411. The van der Waals surface area contributed by atoms with Crippen LogP contribution in [0.4, 0.5) is 11.4 Å². The Morgan fingerprint density at radius 3 is 2.33 bits per heavy atom. The summed E-state index contributed by atoms with van der Waals surface area (Å²) in [6, 6.07) is 8.35. The standard InChI is InChI=1S/C14H15N3O4/c1-9-7-14(17-21-9)20-8-13(19)16-12-5-3-11(4-6-12)15-10(2)18/h3-7H,8H2,1-2H3,(H,15,18)(H,16,19). The van der Waals surface area contributed by atoms with Crippen LogP contribution in [0.2, 0.25) is 0 Å². The quantitative estimate of drug-likeness (QED) is 0.877. The normalized spacial score (nSPS) is 10.0. The highest BCUT2D eigenvalue weighted by atomic mass is 16.5. The third-order valence-electron chi connectivity index (χ3n) is 2.45. The number of hydrogen-bond donors (Lipinski definition) is 2. The molecule has 0 bridgehead atoms. The van der Waals surface area contributed by atoms with Crippen LogP contribution in [-0.2, 0) is 9.59 Å². The first-order chi connectivity index (χ1) is 10.0. The Morgan fingerprint density at radius 2 is 1.81 bits per heavy atom. The van der Waals surface area contributed by atoms with Gasteiger partial charge in [0.1, 0.15) is 5.76 Å². The molecule has 0 saturated carbocycles. The van der Waals surface area contributed by atoms with Gasteiger partial charge >= 0.3 is 0 Å². The molecule has 2 aromatic rings. The third-order valence-corrected chi connectivity index (χ3v) is 2.45. The van der Waals surface area contributed by atoms with Gasteiger partial charge in [0.2, 0.25) is 5.91 Å². The average molecular weight is 289 g/mol. The summed E-state index contributed by atoms with van der Waals surface area (Å²) in [5.41, 5.74) is 1.27. The molecule has 1 aromatic carbocycles. The van der Waals surface area contributed by atoms with Crippen molar-refractivity contribution in [2.24, 2.45) is 0 Å². The van der Waals surface area contributed by atoms with Gasteiger partial charge in [0.15, 0.2) is 6.61 Å². The topological polar surface area (TPSA) is 93.5 Å². The number of nitrogens with zero attached hydrogens (tertiary/aromatic N) is 1. The van der Waals surface area contributed by atoms with Crippen molar-refractivity contribution in [3.05, 3.63) is 36.1 Å². The number of amides is 2. The van der Waals surface area contributed by atoms with Crippen LogP contribution in [0.25, 0.3) is 0 Å². The summed E-state index contributed by atoms with van der Waals surface area (Å²) in [4.78, 5) is 22.6. The number of aryl methyl sites for hydroxylation is 1. The monoisotopic (exact) mass is 289 g/mol. The van der Waals surface area contributed by atoms with E-state index in [0.29, 0.717) is 17.1 Å². The molecule has 0 atom stereocenters. The zero-order chi connectivity index (χ0) is 15.2. The Morgan fingerprint density at radius 1 is 1.19 bits per heavy atom. The molecule has 2 N–H and O–H groups in total. The zero-order valence-electron chi connectivity index (χ0n) is 11.7. The van der Waals surface area contributed by atoms with E-state index in [0.717, 1.165) is 0 Å². The van der Waals surface area contributed by atoms with E-state index in [1.807, 2.05) is 0 Å². The Hall–Kier alpha value is -2.83. The van der Waals surface area contributed by atoms with Crippen molar-refractivity contribution < 1.29 is 18.8 Å². The number of rotatable bonds is 5. The molecule has 0 aliphatic heterocycles. The average Bonchev–Trinajstić information content (AvgIpc) is 2.84. The fraction of sp³-hybridized carbons (Fsp3) is 0.214. The van der Waals surface area contributed by atoms with Crippen LogP contribution >= 0.6 is 0 Å². The molecule has 1 aromatic heterocycles. The molecular formula is C14H15N3O4. The van der Waals surface area contributed by atoms with Crippen LogP contribution in [0.15, 0.2) is 34.9 Å². The maximum atomic E-state index is 11.7. The molecule has 0 saturated heterocycles. The van der Waals surface area contributed by atoms with E-state index in [9.17, 15) is 9.59 Å². The number of carbonyl (C=O) groups excluding carboxylic acids is 2. The van der Waals surface area contributed by atoms with Crippen molar-refractivity contribution in [1.82, 2.24) is 5.16 Å². The maximum Gasteiger partial charge on any atom is 0.262 e. The van der Waals surface area contributed by atoms with Crippen molar-refractivity contribution in [1.29, 1.82) is 0 Å². The van der Waals surface area contributed by atoms with E-state index in [1.165, 1.54) is 6.92 Å². The second-order valence-electron chi connectivity index (χ2n) is 4.37. The van der Waals surface area contributed by atoms with Gasteiger partial charge in [0.05, 0.1) is 0 Å². The lowest BCUT2D eigenvalue weighted by atomic mass is 10.2. The molecular weight excluding hydrogens is 274 g/mol. The van der Waals surface area contributed by atoms with Crippen molar-refractivity contribution in [2.75, 3.05) is 17.2 Å². The summed E-state index contributed by atoms with van der Waals surface area (Å²) < 4.78 is 9.98. The number of nitrogens with one attached hydrogen (secondary N) is 2. The van der Waals surface area contributed by atoms with E-state index in [-0.39, 0.29) is 24.3 Å². The molecule has 21 heavy (non-hydrogen) atoms. The van der Waals surface area contributed by atoms with E-state index in [2.05, 4.69) is 15.8 Å². The van der Waals surface area contributed by atoms with Crippen LogP contribution in [0.5, 0.6) is 5.88 Å². The molecule has 0 radical (unpaired) electrons. The highest BCUT2D eigenvalue weighted by Gasteiger charge is 2.06. The second kappa shape index (κ2) is 6.56. The molecule has 0 aliphatic carbocycles. The summed E-state index contributed by atoms with van der Waals surface area (Å²) in [6.45, 7) is 2.99. The molecule has 7 nitrogen and oxygen atoms in total. The molecule has 0 aliphatic rings. The summed E-state index contributed by atoms with van der Waals surface area (Å²) in [6.07, 6.45) is 0. The van der Waals surface area contributed by atoms with Crippen LogP contribution in [0.3, 0.4) is 0 Å². The van der Waals surface area contributed by atoms with Crippen molar-refractivity contribution >= 4 is 23.2 Å². The molecule has 0 spiro atoms. The Kier molecular flexibility index (Phi) is 4.55. The Balaban J connectivity index is 1.83. The number of anilines is 2. The van der Waals surface area contributed by atoms with Gasteiger partial charge in [-0.3, -0.25) is 9.59 Å². The lowest BCUT2D eigenvalue weighted by molar-refractivity contribution is -0.118. The molecule has 0 unspecified atom stereocenters. The summed E-state index contributed by atoms with van der Waals surface area (Å²) in [7, 11) is 0. The first-order valence-electron chi connectivity index (χ1n) is 6.26. The Bertz CT molecular complexity index is 634. The van der Waals surface area contributed by atoms with Crippen LogP contribution in [0.1, 0.15) is 12.7 Å². The SMILES string of the molecule is CC(=O)Nc1ccc(NC(=O)COc2cc(C)on2)cc1. The molecule has 110 valence electrons. The maximum absolute atomic E-state index is 11.7. The van der Waals surface area contributed by atoms with Crippen molar-refractivity contribution in [2.45, 2.75) is 13.8 Å². The fourth-order valence-corrected chi connectivity index (χ4v) is 1.59. The number of hydrogen-bond acceptors (Lipinski definition) is 5. The fourth-order valence-electron chi connectivity index (χ4n) is 1.59. The smallest absolute Gasteiger partial charge is 0.262 e. The minimum atomic E-state index is -0.317. The Labute approximate surface area is 121 Å². The summed E-state index contributed by atoms with van der Waals surface area (Å²) >= 11 is 0. The molecule has 0 fully saturated rings. The first-order valence-corrected chi connectivity index (χ1v) is 6.26. The predicted molar refractivity (Wildman–Crippen MR) is 76.1 cm³/mol. The van der Waals surface area contributed by atoms with E-state index in [1.54, 1.807) is 37.3 Å². The number of ether oxygens (including phenoxy) is 1. The molecule has 2 amide bonds. The molecule has 7 heteroatoms. The highest BCUT2D eigenvalue weighted by Crippen LogP contribution is 2.14. The minimum absolute atomic E-state index is 0.150. The number of aromatic nitrogens is 1. The van der Waals surface area contributed by atoms with Crippen LogP contribution in [-0.4, -0.2) is 23.6 Å². The van der Waals surface area contributed by atoms with Gasteiger partial charge in [-0.05, 0) is 36.3 Å². The molecule has 1 heterocycles. The van der Waals surface area contributed by atoms with E-state index >= 15 is 0 Å². The van der Waals surface area contributed by atoms with Gasteiger partial charge in [-0.15, -0.1) is 0 Å². The lowest BCUT2D eigenvalue weighted by Gasteiger charge is -2.07.